The molecule has 0 fully saturated rings. The van der Waals surface area contributed by atoms with Crippen LogP contribution in [-0.4, -0.2) is 17.1 Å². The summed E-state index contributed by atoms with van der Waals surface area (Å²) < 4.78 is 0. The second-order valence-electron chi connectivity index (χ2n) is 5.30. The van der Waals surface area contributed by atoms with Crippen LogP contribution in [0.1, 0.15) is 39.9 Å². The van der Waals surface area contributed by atoms with Crippen molar-refractivity contribution in [1.82, 2.24) is 0 Å². The van der Waals surface area contributed by atoms with E-state index in [-0.39, 0.29) is 10.8 Å². The molecule has 5 nitrogen and oxygen atoms in total. The zero-order valence-corrected chi connectivity index (χ0v) is 13.5. The molecule has 0 saturated heterocycles. The highest BCUT2D eigenvalue weighted by molar-refractivity contribution is 7.14. The molecule has 1 aromatic carbocycles. The lowest BCUT2D eigenvalue weighted by Crippen LogP contribution is -2.20. The minimum Gasteiger partial charge on any atom is -0.477 e. The molecule has 0 aliphatic carbocycles. The summed E-state index contributed by atoms with van der Waals surface area (Å²) in [6.45, 7) is 5.92. The third-order valence-electron chi connectivity index (χ3n) is 3.07. The van der Waals surface area contributed by atoms with Crippen molar-refractivity contribution in [1.29, 1.82) is 0 Å². The number of nitrogens with one attached hydrogen (secondary N) is 2. The fourth-order valence-electron chi connectivity index (χ4n) is 1.87. The lowest BCUT2D eigenvalue weighted by atomic mass is 10.2. The van der Waals surface area contributed by atoms with E-state index in [1.165, 1.54) is 11.3 Å². The van der Waals surface area contributed by atoms with Crippen LogP contribution in [0.3, 0.4) is 0 Å². The summed E-state index contributed by atoms with van der Waals surface area (Å²) in [5.74, 6) is -0.832. The number of hydrogen-bond donors (Lipinski definition) is 3. The maximum atomic E-state index is 12.0. The highest BCUT2D eigenvalue weighted by Gasteiger charge is 2.18. The lowest BCUT2D eigenvalue weighted by Gasteiger charge is -2.07. The first-order valence-electron chi connectivity index (χ1n) is 6.88. The molecule has 0 spiro atoms. The summed E-state index contributed by atoms with van der Waals surface area (Å²) in [4.78, 5) is 24.3. The molecule has 0 saturated carbocycles. The van der Waals surface area contributed by atoms with Crippen molar-refractivity contribution in [2.45, 2.75) is 26.7 Å². The smallest absolute Gasteiger partial charge is 0.348 e. The van der Waals surface area contributed by atoms with Crippen molar-refractivity contribution in [3.63, 3.8) is 0 Å². The van der Waals surface area contributed by atoms with Crippen molar-refractivity contribution in [3.05, 3.63) is 45.6 Å². The lowest BCUT2D eigenvalue weighted by molar-refractivity contribution is 0.0703. The number of carboxylic acid groups (broad SMARTS) is 1. The van der Waals surface area contributed by atoms with E-state index in [0.717, 1.165) is 10.4 Å². The van der Waals surface area contributed by atoms with Crippen molar-refractivity contribution in [2.75, 3.05) is 10.6 Å². The zero-order valence-electron chi connectivity index (χ0n) is 12.6. The first-order chi connectivity index (χ1) is 10.4. The second kappa shape index (κ2) is 6.62. The van der Waals surface area contributed by atoms with Gasteiger partial charge in [0.1, 0.15) is 4.88 Å². The minimum atomic E-state index is -1.04. The van der Waals surface area contributed by atoms with E-state index in [9.17, 15) is 14.7 Å². The number of amides is 2. The Bertz CT molecular complexity index is 690. The van der Waals surface area contributed by atoms with Crippen LogP contribution < -0.4 is 10.6 Å². The highest BCUT2D eigenvalue weighted by atomic mass is 32.1. The number of urea groups is 1. The number of benzene rings is 1. The van der Waals surface area contributed by atoms with Gasteiger partial charge in [-0.3, -0.25) is 0 Å². The topological polar surface area (TPSA) is 78.4 Å². The normalized spacial score (nSPS) is 10.5. The van der Waals surface area contributed by atoms with E-state index in [1.807, 2.05) is 32.9 Å². The Morgan fingerprint density at radius 1 is 1.14 bits per heavy atom. The highest BCUT2D eigenvalue weighted by Crippen LogP contribution is 2.32. The molecule has 2 rings (SSSR count). The van der Waals surface area contributed by atoms with E-state index in [2.05, 4.69) is 10.6 Å². The van der Waals surface area contributed by atoms with Gasteiger partial charge in [0.25, 0.3) is 0 Å². The van der Waals surface area contributed by atoms with Gasteiger partial charge in [-0.15, -0.1) is 11.3 Å². The molecule has 22 heavy (non-hydrogen) atoms. The number of carboxylic acids is 1. The van der Waals surface area contributed by atoms with Crippen LogP contribution in [0.5, 0.6) is 0 Å². The largest absolute Gasteiger partial charge is 0.477 e. The Kier molecular flexibility index (Phi) is 4.82. The van der Waals surface area contributed by atoms with Crippen LogP contribution >= 0.6 is 11.3 Å². The number of anilines is 2. The fourth-order valence-corrected chi connectivity index (χ4v) is 2.82. The quantitative estimate of drug-likeness (QED) is 0.775. The Morgan fingerprint density at radius 3 is 2.32 bits per heavy atom. The standard InChI is InChI=1S/C16H18N2O3S/c1-9(2)13-8-12(14(22-13)15(19)20)18-16(21)17-11-6-4-10(3)5-7-11/h4-9H,1-3H3,(H,19,20)(H2,17,18,21). The molecule has 0 atom stereocenters. The number of carbonyl (C=O) groups excluding carboxylic acids is 1. The second-order valence-corrected chi connectivity index (χ2v) is 6.38. The molecule has 0 aliphatic heterocycles. The Morgan fingerprint density at radius 2 is 1.77 bits per heavy atom. The first kappa shape index (κ1) is 16.0. The van der Waals surface area contributed by atoms with Crippen LogP contribution in [0.4, 0.5) is 16.2 Å². The Labute approximate surface area is 133 Å². The van der Waals surface area contributed by atoms with E-state index >= 15 is 0 Å². The molecule has 0 bridgehead atoms. The monoisotopic (exact) mass is 318 g/mol. The summed E-state index contributed by atoms with van der Waals surface area (Å²) in [7, 11) is 0. The molecule has 116 valence electrons. The fraction of sp³-hybridized carbons (Fsp3) is 0.250. The van der Waals surface area contributed by atoms with Gasteiger partial charge in [0.15, 0.2) is 0 Å². The molecule has 0 radical (unpaired) electrons. The minimum absolute atomic E-state index is 0.141. The van der Waals surface area contributed by atoms with Gasteiger partial charge in [-0.05, 0) is 31.0 Å². The maximum absolute atomic E-state index is 12.0. The van der Waals surface area contributed by atoms with Crippen LogP contribution in [0.25, 0.3) is 0 Å². The molecular formula is C16H18N2O3S. The van der Waals surface area contributed by atoms with Gasteiger partial charge in [0, 0.05) is 10.6 Å². The molecule has 2 aromatic rings. The van der Waals surface area contributed by atoms with Gasteiger partial charge in [0.05, 0.1) is 5.69 Å². The Balaban J connectivity index is 2.13. The average Bonchev–Trinajstić information content (AvgIpc) is 2.85. The summed E-state index contributed by atoms with van der Waals surface area (Å²) in [6, 6.07) is 8.62. The van der Waals surface area contributed by atoms with Crippen molar-refractivity contribution >= 4 is 34.7 Å². The van der Waals surface area contributed by atoms with Crippen LogP contribution in [0, 0.1) is 6.92 Å². The van der Waals surface area contributed by atoms with Crippen molar-refractivity contribution < 1.29 is 14.7 Å². The molecule has 6 heteroatoms. The molecular weight excluding hydrogens is 300 g/mol. The third kappa shape index (κ3) is 3.85. The Hall–Kier alpha value is -2.34. The van der Waals surface area contributed by atoms with E-state index in [0.29, 0.717) is 11.4 Å². The summed E-state index contributed by atoms with van der Waals surface area (Å²) in [5.41, 5.74) is 2.07. The van der Waals surface area contributed by atoms with Crippen LogP contribution in [0.2, 0.25) is 0 Å². The number of carbonyl (C=O) groups is 2. The third-order valence-corrected chi connectivity index (χ3v) is 4.50. The molecule has 0 unspecified atom stereocenters. The van der Waals surface area contributed by atoms with Crippen LogP contribution in [-0.2, 0) is 0 Å². The number of aromatic carboxylic acids is 1. The zero-order chi connectivity index (χ0) is 16.3. The van der Waals surface area contributed by atoms with Gasteiger partial charge in [-0.25, -0.2) is 9.59 Å². The molecule has 2 amide bonds. The molecule has 1 aromatic heterocycles. The van der Waals surface area contributed by atoms with Gasteiger partial charge in [-0.2, -0.15) is 0 Å². The van der Waals surface area contributed by atoms with Crippen LogP contribution in [0.15, 0.2) is 30.3 Å². The average molecular weight is 318 g/mol. The first-order valence-corrected chi connectivity index (χ1v) is 7.70. The number of rotatable bonds is 4. The maximum Gasteiger partial charge on any atom is 0.348 e. The number of thiophene rings is 1. The van der Waals surface area contributed by atoms with Gasteiger partial charge in [-0.1, -0.05) is 31.5 Å². The SMILES string of the molecule is Cc1ccc(NC(=O)Nc2cc(C(C)C)sc2C(=O)O)cc1. The van der Waals surface area contributed by atoms with Crippen molar-refractivity contribution in [3.8, 4) is 0 Å². The predicted octanol–water partition coefficient (Wildman–Crippen LogP) is 4.52. The van der Waals surface area contributed by atoms with Gasteiger partial charge in [0.2, 0.25) is 0 Å². The number of hydrogen-bond acceptors (Lipinski definition) is 3. The summed E-state index contributed by atoms with van der Waals surface area (Å²) in [6.07, 6.45) is 0. The summed E-state index contributed by atoms with van der Waals surface area (Å²) in [5, 5.41) is 14.5. The van der Waals surface area contributed by atoms with E-state index < -0.39 is 12.0 Å². The molecule has 0 aliphatic rings. The van der Waals surface area contributed by atoms with Gasteiger partial charge < -0.3 is 15.7 Å². The van der Waals surface area contributed by atoms with Gasteiger partial charge >= 0.3 is 12.0 Å². The van der Waals surface area contributed by atoms with E-state index in [1.54, 1.807) is 18.2 Å². The predicted molar refractivity (Wildman–Crippen MR) is 89.2 cm³/mol. The summed E-state index contributed by atoms with van der Waals surface area (Å²) >= 11 is 1.18. The van der Waals surface area contributed by atoms with Crippen molar-refractivity contribution in [2.24, 2.45) is 0 Å². The number of aryl methyl sites for hydroxylation is 1. The molecule has 3 N–H and O–H groups in total. The molecule has 1 heterocycles. The van der Waals surface area contributed by atoms with E-state index in [4.69, 9.17) is 0 Å².